The smallest absolute Gasteiger partial charge is 0.415 e. The molecule has 0 amide bonds. The van der Waals surface area contributed by atoms with Crippen molar-refractivity contribution in [2.45, 2.75) is 216 Å². The molecule has 16 aliphatic rings. The van der Waals surface area contributed by atoms with Crippen LogP contribution >= 0.6 is 24.1 Å². The van der Waals surface area contributed by atoms with E-state index in [0.29, 0.717) is 98.7 Å². The van der Waals surface area contributed by atoms with Crippen LogP contribution in [0.3, 0.4) is 0 Å². The molecule has 0 aliphatic heterocycles. The predicted molar refractivity (Wildman–Crippen MR) is 438 cm³/mol. The van der Waals surface area contributed by atoms with Crippen LogP contribution in [0.2, 0.25) is 0 Å². The normalized spacial score (nSPS) is 31.0. The Bertz CT molecular complexity index is 4030. The summed E-state index contributed by atoms with van der Waals surface area (Å²) < 4.78 is 80.6. The molecule has 0 spiro atoms. The minimum absolute atomic E-state index is 0.0146. The molecule has 123 heavy (non-hydrogen) atoms. The highest BCUT2D eigenvalue weighted by Gasteiger charge is 2.65. The fourth-order valence-electron chi connectivity index (χ4n) is 23.4. The number of aliphatic hydroxyl groups is 6. The van der Waals surface area contributed by atoms with Crippen LogP contribution < -0.4 is 10.5 Å². The second kappa shape index (κ2) is 41.3. The molecule has 16 fully saturated rings. The highest BCUT2D eigenvalue weighted by Crippen LogP contribution is 2.66. The molecule has 0 heterocycles. The highest BCUT2D eigenvalue weighted by molar-refractivity contribution is 7.97. The summed E-state index contributed by atoms with van der Waals surface area (Å²) in [6.45, 7) is -1.04. The monoisotopic (exact) mass is 1790 g/mol. The first-order valence-electron chi connectivity index (χ1n) is 41.7. The van der Waals surface area contributed by atoms with Crippen LogP contribution in [0.4, 0.5) is 17.6 Å². The summed E-state index contributed by atoms with van der Waals surface area (Å²) in [6.07, 6.45) is 19.4. The number of hydrogen-bond acceptors (Lipinski definition) is 25. The van der Waals surface area contributed by atoms with Crippen molar-refractivity contribution in [3.8, 4) is 0 Å². The van der Waals surface area contributed by atoms with Gasteiger partial charge in [0.15, 0.2) is 29.4 Å². The average molecular weight is 1790 g/mol. The molecule has 16 bridgehead atoms. The Balaban J connectivity index is 0.000000133. The van der Waals surface area contributed by atoms with Crippen molar-refractivity contribution in [3.63, 3.8) is 0 Å². The van der Waals surface area contributed by atoms with Crippen molar-refractivity contribution in [2.75, 3.05) is 46.8 Å². The Hall–Kier alpha value is -7.22. The van der Waals surface area contributed by atoms with Crippen LogP contribution in [0.5, 0.6) is 0 Å². The maximum absolute atomic E-state index is 13.1. The third-order valence-corrected chi connectivity index (χ3v) is 31.4. The van der Waals surface area contributed by atoms with E-state index in [0.717, 1.165) is 110 Å². The summed E-state index contributed by atoms with van der Waals surface area (Å²) in [5.74, 6) is -1.82. The largest absolute Gasteiger partial charge is 0.691 e. The van der Waals surface area contributed by atoms with E-state index in [4.69, 9.17) is 29.7 Å². The summed E-state index contributed by atoms with van der Waals surface area (Å²) in [6, 6.07) is 64.3. The van der Waals surface area contributed by atoms with Crippen molar-refractivity contribution in [2.24, 2.45) is 69.0 Å². The molecule has 6 aromatic rings. The van der Waals surface area contributed by atoms with E-state index < -0.39 is 109 Å². The summed E-state index contributed by atoms with van der Waals surface area (Å²) in [5.41, 5.74) is -4.91. The maximum Gasteiger partial charge on any atom is 0.415 e. The van der Waals surface area contributed by atoms with E-state index in [1.807, 2.05) is 0 Å². The van der Waals surface area contributed by atoms with Gasteiger partial charge < -0.3 is 69.9 Å². The number of carboxylic acid groups (broad SMARTS) is 1. The lowest BCUT2D eigenvalue weighted by molar-refractivity contribution is -0.777. The number of carboxylic acids is 1. The van der Waals surface area contributed by atoms with Gasteiger partial charge in [0.2, 0.25) is 0 Å². The second-order valence-electron chi connectivity index (χ2n) is 35.6. The van der Waals surface area contributed by atoms with E-state index in [9.17, 15) is 77.1 Å². The zero-order valence-electron chi connectivity index (χ0n) is 68.4. The van der Waals surface area contributed by atoms with E-state index >= 15 is 0 Å². The lowest BCUT2D eigenvalue weighted by Crippen LogP contribution is -2.58. The fourth-order valence-corrected chi connectivity index (χ4v) is 28.1. The zero-order chi connectivity index (χ0) is 87.9. The Morgan fingerprint density at radius 3 is 0.797 bits per heavy atom. The Morgan fingerprint density at radius 1 is 0.358 bits per heavy atom. The maximum atomic E-state index is 13.1. The molecule has 32 heteroatoms. The zero-order valence-corrected chi connectivity index (χ0v) is 71.6. The number of benzene rings is 6. The number of methoxy groups -OCH3 is 1. The standard InChI is InChI=1S/2C18H15S.C15H20F2O8S.2C13H20O4.C11H16O3.C3H4F2O5S/c2*1-4-10-16(11-5-1)19(17-12-6-2-7-13-17)18-14-8-3-9-15-18;16-15(17,26-25-24-21)12(19)23-2-1-22-11(18)13-4-9-3-10(5-13)7-14(20,6-9)8-13;2*14-1-2-17-11(15)12-4-9-3-10(5-12)7-13(16,6-9)8-12;12-9(13)10-2-7-1-8(3-10)5-11(14,4-7)6-10;1-8-2(6)3(4,5)11-10-9-7/h2*1-15H;9-10,20-21H,1-8H2;2*9-10,14,16H,1-8H2;7-8,14H,1-6H2,(H,12,13);7H,1H3/q2*+1;;;;;/p-2. The van der Waals surface area contributed by atoms with Gasteiger partial charge in [-0.2, -0.15) is 26.2 Å². The number of hydrogen-bond donors (Lipinski definition) is 7. The molecule has 0 radical (unpaired) electrons. The van der Waals surface area contributed by atoms with Gasteiger partial charge in [0.25, 0.3) is 0 Å². The molecular formula is C91H108F4O24S4. The minimum atomic E-state index is -4.13. The van der Waals surface area contributed by atoms with Crippen molar-refractivity contribution in [1.29, 1.82) is 0 Å². The van der Waals surface area contributed by atoms with Crippen LogP contribution in [-0.4, -0.2) is 151 Å². The number of aliphatic hydroxyl groups excluding tert-OH is 2. The third kappa shape index (κ3) is 23.8. The van der Waals surface area contributed by atoms with Crippen LogP contribution in [0.15, 0.2) is 211 Å². The lowest BCUT2D eigenvalue weighted by atomic mass is 9.48. The summed E-state index contributed by atoms with van der Waals surface area (Å²) in [5, 5.41) is 84.4. The molecule has 8 atom stereocenters. The average Bonchev–Trinajstić information content (AvgIpc) is 0.738. The molecule has 0 aromatic heterocycles. The molecule has 8 unspecified atom stereocenters. The third-order valence-electron chi connectivity index (χ3n) is 25.9. The van der Waals surface area contributed by atoms with Gasteiger partial charge in [-0.1, -0.05) is 109 Å². The van der Waals surface area contributed by atoms with Crippen LogP contribution in [0, 0.1) is 69.0 Å². The first-order chi connectivity index (χ1) is 58.7. The van der Waals surface area contributed by atoms with Gasteiger partial charge in [-0.05, 0) is 274 Å². The Kier molecular flexibility index (Phi) is 31.8. The molecule has 0 saturated heterocycles. The number of carbonyl (C=O) groups excluding carboxylic acids is 5. The number of ether oxygens (including phenoxy) is 5. The number of carbonyl (C=O) groups is 6. The quantitative estimate of drug-likeness (QED) is 0.00409. The SMILES string of the molecule is COC(=O)C(F)(F)SOO[O-].O=C(O)C12CC3CC(CC(O)(C3)C1)C2.O=C(OCCO)C12CC3CC(CC(O)(C3)C1)C2.O=C(OCCO)C12CC3CC(CC(O)(C3)C1)C2.O=C(OCCOC(=O)C(F)(F)SOO[O-])C12CC3CC(CC(O)(C3)C1)C2.c1ccc([S+](c2ccccc2)c2ccccc2)cc1.c1ccc([S+](c2ccccc2)c2ccccc2)cc1. The van der Waals surface area contributed by atoms with Crippen molar-refractivity contribution in [1.82, 2.24) is 0 Å². The first-order valence-corrected chi connectivity index (χ1v) is 45.6. The van der Waals surface area contributed by atoms with Crippen molar-refractivity contribution >= 4 is 81.7 Å². The summed E-state index contributed by atoms with van der Waals surface area (Å²) in [7, 11) is 0.743. The second-order valence-corrected chi connectivity index (χ2v) is 41.3. The first kappa shape index (κ1) is 94.9. The van der Waals surface area contributed by atoms with E-state index in [1.54, 1.807) is 0 Å². The lowest BCUT2D eigenvalue weighted by Gasteiger charge is -2.58. The molecule has 6 aromatic carbocycles. The van der Waals surface area contributed by atoms with Gasteiger partial charge >= 0.3 is 46.3 Å². The molecule has 668 valence electrons. The van der Waals surface area contributed by atoms with E-state index in [-0.39, 0.29) is 66.8 Å². The van der Waals surface area contributed by atoms with Gasteiger partial charge in [0, 0.05) is 0 Å². The van der Waals surface area contributed by atoms with Gasteiger partial charge in [0.1, 0.15) is 50.5 Å². The topological polar surface area (TPSA) is 373 Å². The molecule has 7 N–H and O–H groups in total. The van der Waals surface area contributed by atoms with Crippen LogP contribution in [0.25, 0.3) is 0 Å². The van der Waals surface area contributed by atoms with E-state index in [1.165, 1.54) is 29.4 Å². The molecule has 24 nitrogen and oxygen atoms in total. The van der Waals surface area contributed by atoms with Crippen LogP contribution in [-0.2, 0) is 93.0 Å². The number of esters is 5. The Morgan fingerprint density at radius 2 is 0.577 bits per heavy atom. The van der Waals surface area contributed by atoms with Gasteiger partial charge in [0.05, 0.1) is 86.2 Å². The Labute approximate surface area is 726 Å². The number of alkyl halides is 4. The van der Waals surface area contributed by atoms with Gasteiger partial charge in [-0.15, -0.1) is 0 Å². The summed E-state index contributed by atoms with van der Waals surface area (Å²) >= 11 is -1.52. The molecular weight excluding hydrogens is 1680 g/mol. The highest BCUT2D eigenvalue weighted by atomic mass is 32.2. The molecule has 22 rings (SSSR count). The fraction of sp³-hybridized carbons (Fsp3) is 0.538. The van der Waals surface area contributed by atoms with Crippen molar-refractivity contribution < 1.29 is 135 Å². The molecule has 16 saturated carbocycles. The van der Waals surface area contributed by atoms with Crippen LogP contribution in [0.1, 0.15) is 154 Å². The molecule has 16 aliphatic carbocycles. The minimum Gasteiger partial charge on any atom is -0.691 e. The summed E-state index contributed by atoms with van der Waals surface area (Å²) in [4.78, 5) is 77.6. The van der Waals surface area contributed by atoms with E-state index in [2.05, 4.69) is 210 Å². The van der Waals surface area contributed by atoms with Gasteiger partial charge in [-0.25, -0.2) is 9.59 Å². The predicted octanol–water partition coefficient (Wildman–Crippen LogP) is 13.2. The van der Waals surface area contributed by atoms with Gasteiger partial charge in [-0.3, -0.25) is 29.3 Å². The van der Waals surface area contributed by atoms with Crippen molar-refractivity contribution in [3.05, 3.63) is 182 Å². The number of halogens is 4. The number of rotatable bonds is 25. The number of aliphatic carboxylic acids is 1.